The highest BCUT2D eigenvalue weighted by Gasteiger charge is 2.36. The molecule has 2 heteroatoms. The minimum Gasteiger partial charge on any atom is -0.329 e. The first-order valence-electron chi connectivity index (χ1n) is 8.93. The zero-order chi connectivity index (χ0) is 14.6. The lowest BCUT2D eigenvalue weighted by Gasteiger charge is -2.39. The first-order chi connectivity index (χ1) is 9.45. The van der Waals surface area contributed by atoms with E-state index in [1.807, 2.05) is 0 Å². The van der Waals surface area contributed by atoms with Crippen LogP contribution in [0.4, 0.5) is 0 Å². The first-order valence-corrected chi connectivity index (χ1v) is 8.93. The molecule has 2 unspecified atom stereocenters. The lowest BCUT2D eigenvalue weighted by molar-refractivity contribution is 0.196. The Morgan fingerprint density at radius 2 is 1.65 bits per heavy atom. The summed E-state index contributed by atoms with van der Waals surface area (Å²) in [5.74, 6) is 0.865. The predicted octanol–water partition coefficient (Wildman–Crippen LogP) is 4.23. The highest BCUT2D eigenvalue weighted by atomic mass is 15.0. The van der Waals surface area contributed by atoms with Crippen molar-refractivity contribution in [3.8, 4) is 0 Å². The average Bonchev–Trinajstić information content (AvgIpc) is 2.63. The number of nitrogens with two attached hydrogens (primary N) is 1. The molecule has 0 radical (unpaired) electrons. The van der Waals surface area contributed by atoms with Crippen molar-refractivity contribution < 1.29 is 0 Å². The van der Waals surface area contributed by atoms with Crippen LogP contribution in [0.25, 0.3) is 0 Å². The van der Waals surface area contributed by atoms with Gasteiger partial charge >= 0.3 is 0 Å². The van der Waals surface area contributed by atoms with Crippen LogP contribution in [-0.2, 0) is 0 Å². The molecule has 0 aromatic heterocycles. The summed E-state index contributed by atoms with van der Waals surface area (Å²) >= 11 is 0. The van der Waals surface area contributed by atoms with E-state index >= 15 is 0 Å². The molecule has 0 aliphatic heterocycles. The Balaban J connectivity index is 1.96. The van der Waals surface area contributed by atoms with E-state index in [1.54, 1.807) is 0 Å². The van der Waals surface area contributed by atoms with E-state index in [1.165, 1.54) is 64.2 Å². The second kappa shape index (κ2) is 6.79. The summed E-state index contributed by atoms with van der Waals surface area (Å²) in [7, 11) is 0. The number of nitrogens with one attached hydrogen (secondary N) is 1. The maximum atomic E-state index is 6.22. The van der Waals surface area contributed by atoms with Gasteiger partial charge in [0.05, 0.1) is 0 Å². The largest absolute Gasteiger partial charge is 0.329 e. The molecule has 0 aromatic rings. The molecule has 0 saturated heterocycles. The molecule has 2 rings (SSSR count). The second-order valence-corrected chi connectivity index (χ2v) is 8.46. The lowest BCUT2D eigenvalue weighted by atomic mass is 9.76. The smallest absolute Gasteiger partial charge is 0.0306 e. The molecule has 20 heavy (non-hydrogen) atoms. The van der Waals surface area contributed by atoms with Gasteiger partial charge < -0.3 is 11.1 Å². The highest BCUT2D eigenvalue weighted by Crippen LogP contribution is 2.40. The molecule has 2 atom stereocenters. The summed E-state index contributed by atoms with van der Waals surface area (Å²) < 4.78 is 0. The Hall–Kier alpha value is -0.0800. The molecule has 0 amide bonds. The lowest BCUT2D eigenvalue weighted by Crippen LogP contribution is -2.55. The van der Waals surface area contributed by atoms with Crippen molar-refractivity contribution in [1.82, 2.24) is 5.32 Å². The SMILES string of the molecule is CC(C)(C)C1CCCC(CN)(NC2CCCCC2)CC1. The van der Waals surface area contributed by atoms with Gasteiger partial charge in [-0.2, -0.15) is 0 Å². The van der Waals surface area contributed by atoms with Gasteiger partial charge in [-0.1, -0.05) is 46.5 Å². The van der Waals surface area contributed by atoms with Crippen LogP contribution < -0.4 is 11.1 Å². The summed E-state index contributed by atoms with van der Waals surface area (Å²) in [6.07, 6.45) is 13.6. The van der Waals surface area contributed by atoms with Gasteiger partial charge in [0.2, 0.25) is 0 Å². The second-order valence-electron chi connectivity index (χ2n) is 8.46. The zero-order valence-corrected chi connectivity index (χ0v) is 14.0. The van der Waals surface area contributed by atoms with E-state index in [9.17, 15) is 0 Å². The van der Waals surface area contributed by atoms with Gasteiger partial charge in [-0.15, -0.1) is 0 Å². The Kier molecular flexibility index (Phi) is 5.53. The normalized spacial score (nSPS) is 33.9. The van der Waals surface area contributed by atoms with Crippen LogP contribution in [0.1, 0.15) is 85.0 Å². The van der Waals surface area contributed by atoms with Crippen molar-refractivity contribution in [3.63, 3.8) is 0 Å². The molecule has 0 heterocycles. The molecule has 0 aromatic carbocycles. The molecule has 2 aliphatic carbocycles. The van der Waals surface area contributed by atoms with Gasteiger partial charge in [-0.25, -0.2) is 0 Å². The van der Waals surface area contributed by atoms with Crippen LogP contribution in [0.15, 0.2) is 0 Å². The van der Waals surface area contributed by atoms with E-state index in [0.717, 1.165) is 18.5 Å². The molecular formula is C18H36N2. The van der Waals surface area contributed by atoms with E-state index in [2.05, 4.69) is 26.1 Å². The van der Waals surface area contributed by atoms with Crippen LogP contribution in [-0.4, -0.2) is 18.1 Å². The Labute approximate surface area is 126 Å². The quantitative estimate of drug-likeness (QED) is 0.759. The molecule has 0 bridgehead atoms. The zero-order valence-electron chi connectivity index (χ0n) is 14.0. The predicted molar refractivity (Wildman–Crippen MR) is 87.8 cm³/mol. The van der Waals surface area contributed by atoms with E-state index in [-0.39, 0.29) is 5.54 Å². The van der Waals surface area contributed by atoms with Crippen molar-refractivity contribution in [1.29, 1.82) is 0 Å². The summed E-state index contributed by atoms with van der Waals surface area (Å²) in [6, 6.07) is 0.735. The fraction of sp³-hybridized carbons (Fsp3) is 1.00. The van der Waals surface area contributed by atoms with Crippen molar-refractivity contribution in [2.24, 2.45) is 17.1 Å². The summed E-state index contributed by atoms with van der Waals surface area (Å²) in [4.78, 5) is 0. The average molecular weight is 280 g/mol. The number of rotatable bonds is 3. The maximum absolute atomic E-state index is 6.22. The summed E-state index contributed by atoms with van der Waals surface area (Å²) in [5.41, 5.74) is 6.91. The number of hydrogen-bond donors (Lipinski definition) is 2. The number of hydrogen-bond acceptors (Lipinski definition) is 2. The van der Waals surface area contributed by atoms with Gasteiger partial charge in [0, 0.05) is 18.1 Å². The molecule has 2 aliphatic rings. The van der Waals surface area contributed by atoms with Crippen molar-refractivity contribution >= 4 is 0 Å². The minimum absolute atomic E-state index is 0.238. The molecule has 2 saturated carbocycles. The van der Waals surface area contributed by atoms with Gasteiger partial charge in [0.1, 0.15) is 0 Å². The Morgan fingerprint density at radius 3 is 2.25 bits per heavy atom. The standard InChI is InChI=1S/C18H36N2/c1-17(2,3)15-8-7-12-18(14-19,13-11-15)20-16-9-5-4-6-10-16/h15-16,20H,4-14,19H2,1-3H3. The summed E-state index contributed by atoms with van der Waals surface area (Å²) in [6.45, 7) is 8.03. The van der Waals surface area contributed by atoms with Gasteiger partial charge in [-0.05, 0) is 49.9 Å². The van der Waals surface area contributed by atoms with Gasteiger partial charge in [-0.3, -0.25) is 0 Å². The van der Waals surface area contributed by atoms with Crippen LogP contribution in [0.5, 0.6) is 0 Å². The van der Waals surface area contributed by atoms with E-state index in [0.29, 0.717) is 5.41 Å². The van der Waals surface area contributed by atoms with Crippen molar-refractivity contribution in [2.75, 3.05) is 6.54 Å². The van der Waals surface area contributed by atoms with Crippen LogP contribution in [0.3, 0.4) is 0 Å². The van der Waals surface area contributed by atoms with Crippen molar-refractivity contribution in [3.05, 3.63) is 0 Å². The van der Waals surface area contributed by atoms with Crippen LogP contribution in [0, 0.1) is 11.3 Å². The fourth-order valence-corrected chi connectivity index (χ4v) is 4.36. The van der Waals surface area contributed by atoms with Crippen LogP contribution >= 0.6 is 0 Å². The molecule has 0 spiro atoms. The maximum Gasteiger partial charge on any atom is 0.0306 e. The first kappa shape index (κ1) is 16.3. The fourth-order valence-electron chi connectivity index (χ4n) is 4.36. The van der Waals surface area contributed by atoms with E-state index in [4.69, 9.17) is 5.73 Å². The molecule has 2 fully saturated rings. The third kappa shape index (κ3) is 4.21. The van der Waals surface area contributed by atoms with Gasteiger partial charge in [0.15, 0.2) is 0 Å². The monoisotopic (exact) mass is 280 g/mol. The Morgan fingerprint density at radius 1 is 0.950 bits per heavy atom. The Bertz CT molecular complexity index is 288. The minimum atomic E-state index is 0.238. The highest BCUT2D eigenvalue weighted by molar-refractivity contribution is 4.96. The topological polar surface area (TPSA) is 38.0 Å². The third-order valence-corrected chi connectivity index (χ3v) is 5.91. The summed E-state index contributed by atoms with van der Waals surface area (Å²) in [5, 5.41) is 4.01. The molecular weight excluding hydrogens is 244 g/mol. The molecule has 2 nitrogen and oxygen atoms in total. The van der Waals surface area contributed by atoms with Crippen LogP contribution in [0.2, 0.25) is 0 Å². The van der Waals surface area contributed by atoms with Crippen molar-refractivity contribution in [2.45, 2.75) is 96.6 Å². The molecule has 3 N–H and O–H groups in total. The molecule has 118 valence electrons. The third-order valence-electron chi connectivity index (χ3n) is 5.91. The van der Waals surface area contributed by atoms with Gasteiger partial charge in [0.25, 0.3) is 0 Å². The van der Waals surface area contributed by atoms with E-state index < -0.39 is 0 Å².